The molecule has 0 radical (unpaired) electrons. The molecule has 1 aliphatic rings. The van der Waals surface area contributed by atoms with Crippen LogP contribution in [0, 0.1) is 0 Å². The van der Waals surface area contributed by atoms with E-state index < -0.39 is 0 Å². The van der Waals surface area contributed by atoms with Crippen molar-refractivity contribution in [2.45, 2.75) is 39.0 Å². The van der Waals surface area contributed by atoms with E-state index in [1.54, 1.807) is 5.57 Å². The van der Waals surface area contributed by atoms with Gasteiger partial charge in [0.15, 0.2) is 0 Å². The van der Waals surface area contributed by atoms with E-state index in [4.69, 9.17) is 0 Å². The first-order valence-electron chi connectivity index (χ1n) is 4.89. The Bertz CT molecular complexity index is 199. The molecule has 0 nitrogen and oxygen atoms in total. The predicted molar refractivity (Wildman–Crippen MR) is 55.1 cm³/mol. The van der Waals surface area contributed by atoms with Crippen LogP contribution < -0.4 is 0 Å². The molecule has 74 valence electrons. The Balaban J connectivity index is 0.00000144. The van der Waals surface area contributed by atoms with Crippen molar-refractivity contribution in [1.82, 2.24) is 0 Å². The van der Waals surface area contributed by atoms with Crippen molar-refractivity contribution in [3.05, 3.63) is 36.0 Å². The first-order valence-corrected chi connectivity index (χ1v) is 4.89. The van der Waals surface area contributed by atoms with Gasteiger partial charge < -0.3 is 0 Å². The van der Waals surface area contributed by atoms with Crippen LogP contribution in [0.1, 0.15) is 39.0 Å². The molecule has 0 aromatic heterocycles. The van der Waals surface area contributed by atoms with E-state index in [1.165, 1.54) is 25.7 Å². The van der Waals surface area contributed by atoms with Crippen LogP contribution in [0.4, 0.5) is 0 Å². The summed E-state index contributed by atoms with van der Waals surface area (Å²) in [5.74, 6) is 0. The van der Waals surface area contributed by atoms with E-state index in [-0.39, 0.29) is 19.5 Å². The van der Waals surface area contributed by atoms with Crippen molar-refractivity contribution in [3.63, 3.8) is 0 Å². The fourth-order valence-electron chi connectivity index (χ4n) is 1.44. The Morgan fingerprint density at radius 1 is 1.38 bits per heavy atom. The van der Waals surface area contributed by atoms with Gasteiger partial charge in [-0.1, -0.05) is 36.0 Å². The molecule has 13 heavy (non-hydrogen) atoms. The van der Waals surface area contributed by atoms with Gasteiger partial charge in [0.2, 0.25) is 0 Å². The van der Waals surface area contributed by atoms with Gasteiger partial charge in [0.05, 0.1) is 0 Å². The summed E-state index contributed by atoms with van der Waals surface area (Å²) in [7, 11) is 0. The third-order valence-electron chi connectivity index (χ3n) is 2.20. The van der Waals surface area contributed by atoms with Crippen molar-refractivity contribution in [2.24, 2.45) is 0 Å². The standard InChI is InChI=1S/C12H18.Ru/c1-2-3-9-12-10-7-5-4-6-8-11-12;/h2-3,5,7,10H,4,6,8-9,11H2,1H3;. The summed E-state index contributed by atoms with van der Waals surface area (Å²) in [4.78, 5) is 0. The van der Waals surface area contributed by atoms with Crippen molar-refractivity contribution in [1.29, 1.82) is 0 Å². The summed E-state index contributed by atoms with van der Waals surface area (Å²) in [5.41, 5.74) is 1.57. The zero-order valence-corrected chi connectivity index (χ0v) is 10.0. The van der Waals surface area contributed by atoms with Gasteiger partial charge in [0.1, 0.15) is 0 Å². The quantitative estimate of drug-likeness (QED) is 0.521. The topological polar surface area (TPSA) is 0 Å². The molecule has 0 saturated carbocycles. The summed E-state index contributed by atoms with van der Waals surface area (Å²) in [6.45, 7) is 2.08. The summed E-state index contributed by atoms with van der Waals surface area (Å²) in [6.07, 6.45) is 17.5. The molecule has 0 bridgehead atoms. The van der Waals surface area contributed by atoms with Gasteiger partial charge in [-0.3, -0.25) is 0 Å². The molecule has 0 aromatic rings. The van der Waals surface area contributed by atoms with Crippen molar-refractivity contribution in [2.75, 3.05) is 0 Å². The Kier molecular flexibility index (Phi) is 8.34. The van der Waals surface area contributed by atoms with E-state index in [1.807, 2.05) is 0 Å². The molecular weight excluding hydrogens is 245 g/mol. The molecule has 1 rings (SSSR count). The maximum Gasteiger partial charge on any atom is 0 e. The van der Waals surface area contributed by atoms with Crippen LogP contribution in [0.5, 0.6) is 0 Å². The molecule has 0 fully saturated rings. The number of rotatable bonds is 2. The third-order valence-corrected chi connectivity index (χ3v) is 2.20. The summed E-state index contributed by atoms with van der Waals surface area (Å²) >= 11 is 0. The SMILES string of the molecule is CC=CCC1=CC=CCCCC1.[Ru]. The van der Waals surface area contributed by atoms with Crippen LogP contribution in [0.25, 0.3) is 0 Å². The van der Waals surface area contributed by atoms with E-state index in [9.17, 15) is 0 Å². The van der Waals surface area contributed by atoms with Crippen LogP contribution in [-0.4, -0.2) is 0 Å². The molecule has 0 unspecified atom stereocenters. The van der Waals surface area contributed by atoms with Gasteiger partial charge in [0, 0.05) is 19.5 Å². The van der Waals surface area contributed by atoms with Gasteiger partial charge in [-0.2, -0.15) is 0 Å². The van der Waals surface area contributed by atoms with Crippen molar-refractivity contribution in [3.8, 4) is 0 Å². The summed E-state index contributed by atoms with van der Waals surface area (Å²) in [6, 6.07) is 0. The fourth-order valence-corrected chi connectivity index (χ4v) is 1.44. The van der Waals surface area contributed by atoms with Crippen LogP contribution in [0.15, 0.2) is 36.0 Å². The average molecular weight is 263 g/mol. The first-order chi connectivity index (χ1) is 5.93. The molecule has 0 saturated heterocycles. The second-order valence-electron chi connectivity index (χ2n) is 3.27. The zero-order chi connectivity index (χ0) is 8.65. The predicted octanol–water partition coefficient (Wildman–Crippen LogP) is 4.01. The average Bonchev–Trinajstić information content (AvgIpc) is 2.02. The second kappa shape index (κ2) is 8.44. The van der Waals surface area contributed by atoms with Crippen LogP contribution in [-0.2, 0) is 19.5 Å². The molecular formula is C12H18Ru. The second-order valence-corrected chi connectivity index (χ2v) is 3.27. The molecule has 1 aliphatic carbocycles. The van der Waals surface area contributed by atoms with Crippen LogP contribution in [0.2, 0.25) is 0 Å². The van der Waals surface area contributed by atoms with E-state index in [0.717, 1.165) is 6.42 Å². The van der Waals surface area contributed by atoms with Crippen LogP contribution in [0.3, 0.4) is 0 Å². The van der Waals surface area contributed by atoms with Gasteiger partial charge >= 0.3 is 0 Å². The van der Waals surface area contributed by atoms with E-state index in [2.05, 4.69) is 37.3 Å². The minimum absolute atomic E-state index is 0. The maximum atomic E-state index is 2.28. The molecule has 0 heterocycles. The molecule has 0 aliphatic heterocycles. The Morgan fingerprint density at radius 2 is 2.23 bits per heavy atom. The molecule has 0 atom stereocenters. The van der Waals surface area contributed by atoms with Gasteiger partial charge in [-0.05, 0) is 39.0 Å². The van der Waals surface area contributed by atoms with E-state index in [0.29, 0.717) is 0 Å². The van der Waals surface area contributed by atoms with Gasteiger partial charge in [0.25, 0.3) is 0 Å². The minimum Gasteiger partial charge on any atom is -0.0913 e. The maximum absolute atomic E-state index is 2.28. The molecule has 0 N–H and O–H groups in total. The molecule has 0 aromatic carbocycles. The van der Waals surface area contributed by atoms with E-state index >= 15 is 0 Å². The van der Waals surface area contributed by atoms with Crippen molar-refractivity contribution < 1.29 is 19.5 Å². The number of hydrogen-bond donors (Lipinski definition) is 0. The third kappa shape index (κ3) is 5.99. The normalized spacial score (nSPS) is 17.5. The Hall–Kier alpha value is -0.157. The number of allylic oxidation sites excluding steroid dienone is 6. The fraction of sp³-hybridized carbons (Fsp3) is 0.500. The largest absolute Gasteiger partial charge is 0.0913 e. The number of hydrogen-bond acceptors (Lipinski definition) is 0. The molecule has 0 spiro atoms. The minimum atomic E-state index is 0. The first kappa shape index (κ1) is 12.8. The zero-order valence-electron chi connectivity index (χ0n) is 8.28. The van der Waals surface area contributed by atoms with Crippen LogP contribution >= 0.6 is 0 Å². The van der Waals surface area contributed by atoms with Gasteiger partial charge in [-0.25, -0.2) is 0 Å². The molecule has 0 amide bonds. The Labute approximate surface area is 94.6 Å². The van der Waals surface area contributed by atoms with Gasteiger partial charge in [-0.15, -0.1) is 0 Å². The summed E-state index contributed by atoms with van der Waals surface area (Å²) < 4.78 is 0. The monoisotopic (exact) mass is 264 g/mol. The smallest absolute Gasteiger partial charge is 0 e. The molecule has 1 heteroatoms. The Morgan fingerprint density at radius 3 is 3.00 bits per heavy atom. The summed E-state index contributed by atoms with van der Waals surface area (Å²) in [5, 5.41) is 0. The van der Waals surface area contributed by atoms with Crippen molar-refractivity contribution >= 4 is 0 Å².